The van der Waals surface area contributed by atoms with Gasteiger partial charge in [-0.1, -0.05) is 54.6 Å². The Morgan fingerprint density at radius 2 is 1.56 bits per heavy atom. The number of nitrogens with two attached hydrogens (primary N) is 1. The number of benzene rings is 3. The van der Waals surface area contributed by atoms with Gasteiger partial charge in [0.2, 0.25) is 0 Å². The van der Waals surface area contributed by atoms with E-state index in [1.54, 1.807) is 0 Å². The highest BCUT2D eigenvalue weighted by atomic mass is 16.5. The van der Waals surface area contributed by atoms with Gasteiger partial charge in [-0.05, 0) is 41.8 Å². The van der Waals surface area contributed by atoms with Gasteiger partial charge in [0.05, 0.1) is 6.61 Å². The summed E-state index contributed by atoms with van der Waals surface area (Å²) >= 11 is 0. The zero-order valence-corrected chi connectivity index (χ0v) is 14.4. The molecule has 3 heteroatoms. The Hall–Kier alpha value is -2.78. The molecule has 0 bridgehead atoms. The molecule has 0 radical (unpaired) electrons. The topological polar surface area (TPSA) is 44.5 Å². The van der Waals surface area contributed by atoms with Gasteiger partial charge in [0, 0.05) is 12.1 Å². The normalized spacial score (nSPS) is 10.5. The zero-order chi connectivity index (χ0) is 17.5. The second-order valence-corrected chi connectivity index (χ2v) is 5.77. The zero-order valence-electron chi connectivity index (χ0n) is 14.4. The summed E-state index contributed by atoms with van der Waals surface area (Å²) in [6.07, 6.45) is 0. The van der Waals surface area contributed by atoms with Crippen molar-refractivity contribution >= 4 is 0 Å². The van der Waals surface area contributed by atoms with Gasteiger partial charge in [-0.3, -0.25) is 0 Å². The third kappa shape index (κ3) is 4.40. The minimum atomic E-state index is 0.491. The van der Waals surface area contributed by atoms with Gasteiger partial charge >= 0.3 is 0 Å². The van der Waals surface area contributed by atoms with Crippen molar-refractivity contribution in [3.63, 3.8) is 0 Å². The van der Waals surface area contributed by atoms with Gasteiger partial charge < -0.3 is 15.2 Å². The standard InChI is InChI=1S/C22H23NO2/c1-2-24-20-11-9-19(10-12-20)21-13-8-18(15-23)14-22(21)25-16-17-6-4-3-5-7-17/h3-14H,2,15-16,23H2,1H3. The van der Waals surface area contributed by atoms with Crippen LogP contribution in [0.25, 0.3) is 11.1 Å². The third-order valence-electron chi connectivity index (χ3n) is 4.00. The molecule has 2 N–H and O–H groups in total. The number of hydrogen-bond acceptors (Lipinski definition) is 3. The molecule has 3 rings (SSSR count). The first-order valence-corrected chi connectivity index (χ1v) is 8.53. The monoisotopic (exact) mass is 333 g/mol. The fraction of sp³-hybridized carbons (Fsp3) is 0.182. The first-order chi connectivity index (χ1) is 12.3. The quantitative estimate of drug-likeness (QED) is 0.676. The van der Waals surface area contributed by atoms with Crippen LogP contribution in [-0.2, 0) is 13.2 Å². The van der Waals surface area contributed by atoms with Crippen molar-refractivity contribution in [2.45, 2.75) is 20.1 Å². The Morgan fingerprint density at radius 1 is 0.800 bits per heavy atom. The average Bonchev–Trinajstić information content (AvgIpc) is 2.68. The summed E-state index contributed by atoms with van der Waals surface area (Å²) in [6, 6.07) is 24.4. The first kappa shape index (κ1) is 17.1. The van der Waals surface area contributed by atoms with E-state index in [1.165, 1.54) is 0 Å². The van der Waals surface area contributed by atoms with E-state index in [9.17, 15) is 0 Å². The molecule has 3 nitrogen and oxygen atoms in total. The van der Waals surface area contributed by atoms with E-state index < -0.39 is 0 Å². The molecule has 3 aromatic carbocycles. The van der Waals surface area contributed by atoms with Crippen molar-refractivity contribution in [3.8, 4) is 22.6 Å². The van der Waals surface area contributed by atoms with E-state index in [0.717, 1.165) is 33.8 Å². The molecule has 128 valence electrons. The maximum atomic E-state index is 6.11. The summed E-state index contributed by atoms with van der Waals surface area (Å²) in [6.45, 7) is 3.66. The highest BCUT2D eigenvalue weighted by Gasteiger charge is 2.08. The average molecular weight is 333 g/mol. The Balaban J connectivity index is 1.87. The van der Waals surface area contributed by atoms with Crippen molar-refractivity contribution in [3.05, 3.63) is 83.9 Å². The summed E-state index contributed by atoms with van der Waals surface area (Å²) in [4.78, 5) is 0. The molecule has 0 aliphatic rings. The molecule has 3 aromatic rings. The van der Waals surface area contributed by atoms with Crippen LogP contribution in [0, 0.1) is 0 Å². The second kappa shape index (κ2) is 8.36. The first-order valence-electron chi connectivity index (χ1n) is 8.53. The molecule has 0 spiro atoms. The van der Waals surface area contributed by atoms with E-state index in [2.05, 4.69) is 30.3 Å². The molecule has 0 amide bonds. The Bertz CT molecular complexity index is 798. The van der Waals surface area contributed by atoms with Gasteiger partial charge in [0.25, 0.3) is 0 Å². The van der Waals surface area contributed by atoms with Crippen molar-refractivity contribution < 1.29 is 9.47 Å². The fourth-order valence-corrected chi connectivity index (χ4v) is 2.68. The second-order valence-electron chi connectivity index (χ2n) is 5.77. The van der Waals surface area contributed by atoms with Crippen LogP contribution in [0.2, 0.25) is 0 Å². The maximum absolute atomic E-state index is 6.11. The molecule has 0 atom stereocenters. The van der Waals surface area contributed by atoms with Crippen LogP contribution >= 0.6 is 0 Å². The molecule has 0 saturated carbocycles. The van der Waals surface area contributed by atoms with Crippen molar-refractivity contribution in [2.24, 2.45) is 5.73 Å². The van der Waals surface area contributed by atoms with E-state index in [1.807, 2.05) is 49.4 Å². The van der Waals surface area contributed by atoms with Crippen LogP contribution in [0.4, 0.5) is 0 Å². The molecule has 0 aliphatic heterocycles. The number of ether oxygens (including phenoxy) is 2. The lowest BCUT2D eigenvalue weighted by Gasteiger charge is -2.14. The Morgan fingerprint density at radius 3 is 2.24 bits per heavy atom. The van der Waals surface area contributed by atoms with Crippen LogP contribution in [-0.4, -0.2) is 6.61 Å². The molecule has 0 heterocycles. The van der Waals surface area contributed by atoms with Crippen molar-refractivity contribution in [1.82, 2.24) is 0 Å². The molecule has 0 fully saturated rings. The van der Waals surface area contributed by atoms with Gasteiger partial charge in [0.1, 0.15) is 18.1 Å². The number of rotatable bonds is 7. The highest BCUT2D eigenvalue weighted by molar-refractivity contribution is 5.71. The minimum Gasteiger partial charge on any atom is -0.494 e. The SMILES string of the molecule is CCOc1ccc(-c2ccc(CN)cc2OCc2ccccc2)cc1. The predicted octanol–water partition coefficient (Wildman–Crippen LogP) is 4.79. The molecular weight excluding hydrogens is 310 g/mol. The fourth-order valence-electron chi connectivity index (χ4n) is 2.68. The predicted molar refractivity (Wildman–Crippen MR) is 102 cm³/mol. The smallest absolute Gasteiger partial charge is 0.127 e. The molecule has 25 heavy (non-hydrogen) atoms. The highest BCUT2D eigenvalue weighted by Crippen LogP contribution is 2.32. The largest absolute Gasteiger partial charge is 0.494 e. The lowest BCUT2D eigenvalue weighted by Crippen LogP contribution is -2.00. The lowest BCUT2D eigenvalue weighted by molar-refractivity contribution is 0.307. The van der Waals surface area contributed by atoms with Crippen LogP contribution < -0.4 is 15.2 Å². The summed E-state index contributed by atoms with van der Waals surface area (Å²) in [5.74, 6) is 1.72. The van der Waals surface area contributed by atoms with Crippen molar-refractivity contribution in [2.75, 3.05) is 6.61 Å². The van der Waals surface area contributed by atoms with Gasteiger partial charge in [-0.15, -0.1) is 0 Å². The number of hydrogen-bond donors (Lipinski definition) is 1. The van der Waals surface area contributed by atoms with Crippen LogP contribution in [0.5, 0.6) is 11.5 Å². The Kier molecular flexibility index (Phi) is 5.70. The minimum absolute atomic E-state index is 0.491. The van der Waals surface area contributed by atoms with E-state index in [0.29, 0.717) is 19.8 Å². The summed E-state index contributed by atoms with van der Waals surface area (Å²) in [5.41, 5.74) is 10.1. The van der Waals surface area contributed by atoms with Crippen LogP contribution in [0.15, 0.2) is 72.8 Å². The molecular formula is C22H23NO2. The summed E-state index contributed by atoms with van der Waals surface area (Å²) in [7, 11) is 0. The van der Waals surface area contributed by atoms with Gasteiger partial charge in [0.15, 0.2) is 0 Å². The van der Waals surface area contributed by atoms with E-state index in [4.69, 9.17) is 15.2 Å². The van der Waals surface area contributed by atoms with Gasteiger partial charge in [-0.25, -0.2) is 0 Å². The van der Waals surface area contributed by atoms with Crippen LogP contribution in [0.3, 0.4) is 0 Å². The maximum Gasteiger partial charge on any atom is 0.127 e. The molecule has 0 saturated heterocycles. The van der Waals surface area contributed by atoms with Gasteiger partial charge in [-0.2, -0.15) is 0 Å². The van der Waals surface area contributed by atoms with E-state index in [-0.39, 0.29) is 0 Å². The summed E-state index contributed by atoms with van der Waals surface area (Å²) in [5, 5.41) is 0. The van der Waals surface area contributed by atoms with E-state index >= 15 is 0 Å². The lowest BCUT2D eigenvalue weighted by atomic mass is 10.0. The molecule has 0 aliphatic carbocycles. The summed E-state index contributed by atoms with van der Waals surface area (Å²) < 4.78 is 11.6. The molecule has 0 aromatic heterocycles. The Labute approximate surface area is 149 Å². The molecule has 0 unspecified atom stereocenters. The van der Waals surface area contributed by atoms with Crippen LogP contribution in [0.1, 0.15) is 18.1 Å². The third-order valence-corrected chi connectivity index (χ3v) is 4.00. The van der Waals surface area contributed by atoms with Crippen molar-refractivity contribution in [1.29, 1.82) is 0 Å².